The van der Waals surface area contributed by atoms with E-state index in [1.807, 2.05) is 48.7 Å². The molecule has 0 radical (unpaired) electrons. The van der Waals surface area contributed by atoms with Gasteiger partial charge in [0.15, 0.2) is 10.9 Å². The molecular weight excluding hydrogens is 462 g/mol. The maximum atomic E-state index is 13.1. The highest BCUT2D eigenvalue weighted by Gasteiger charge is 2.21. The van der Waals surface area contributed by atoms with Crippen LogP contribution in [0.1, 0.15) is 21.7 Å². The number of carbonyl (C=O) groups excluding carboxylic acids is 1. The third kappa shape index (κ3) is 5.02. The van der Waals surface area contributed by atoms with Crippen molar-refractivity contribution in [2.45, 2.75) is 17.3 Å². The summed E-state index contributed by atoms with van der Waals surface area (Å²) in [6, 6.07) is 17.3. The van der Waals surface area contributed by atoms with Crippen molar-refractivity contribution in [2.24, 2.45) is 0 Å². The van der Waals surface area contributed by atoms with E-state index in [0.717, 1.165) is 27.9 Å². The van der Waals surface area contributed by atoms with E-state index >= 15 is 0 Å². The lowest BCUT2D eigenvalue weighted by atomic mass is 10.1. The Labute approximate surface area is 206 Å². The molecule has 0 bridgehead atoms. The van der Waals surface area contributed by atoms with Crippen molar-refractivity contribution < 1.29 is 9.53 Å². The van der Waals surface area contributed by atoms with Gasteiger partial charge in [-0.2, -0.15) is 0 Å². The van der Waals surface area contributed by atoms with Crippen molar-refractivity contribution in [3.05, 3.63) is 90.1 Å². The van der Waals surface area contributed by atoms with E-state index in [9.17, 15) is 4.79 Å². The molecule has 5 rings (SSSR count). The van der Waals surface area contributed by atoms with Crippen LogP contribution in [0.15, 0.2) is 78.3 Å². The second-order valence-corrected chi connectivity index (χ2v) is 8.62. The number of para-hydroxylation sites is 1. The molecule has 0 saturated carbocycles. The highest BCUT2D eigenvalue weighted by atomic mass is 32.2. The minimum absolute atomic E-state index is 0.269. The third-order valence-electron chi connectivity index (χ3n) is 5.53. The van der Waals surface area contributed by atoms with Gasteiger partial charge in [0.1, 0.15) is 5.75 Å². The van der Waals surface area contributed by atoms with Crippen LogP contribution in [0.4, 0.5) is 0 Å². The molecule has 0 aliphatic heterocycles. The molecule has 5 aromatic rings. The lowest BCUT2D eigenvalue weighted by molar-refractivity contribution is 0.0948. The van der Waals surface area contributed by atoms with Gasteiger partial charge in [0.25, 0.3) is 5.91 Å². The summed E-state index contributed by atoms with van der Waals surface area (Å²) in [4.78, 5) is 24.9. The van der Waals surface area contributed by atoms with E-state index in [1.54, 1.807) is 30.3 Å². The Hall–Kier alpha value is -4.18. The molecule has 2 aromatic carbocycles. The summed E-state index contributed by atoms with van der Waals surface area (Å²) in [5.41, 5.74) is 3.96. The summed E-state index contributed by atoms with van der Waals surface area (Å²) in [5.74, 6) is 0.890. The van der Waals surface area contributed by atoms with E-state index < -0.39 is 0 Å². The standard InChI is InChI=1S/C25H23N7O2S/c1-34-19-9-7-18(8-10-19)32-22(16-35-25-27-12-4-13-28-25)23(30-31-32)24(33)26-14-11-17-15-29-21-6-3-2-5-20(17)21/h2-10,12-13,15,29H,11,14,16H2,1H3,(H,26,33). The maximum Gasteiger partial charge on any atom is 0.273 e. The lowest BCUT2D eigenvalue weighted by Crippen LogP contribution is -2.27. The minimum Gasteiger partial charge on any atom is -0.497 e. The van der Waals surface area contributed by atoms with Gasteiger partial charge in [0.05, 0.1) is 18.5 Å². The SMILES string of the molecule is COc1ccc(-n2nnc(C(=O)NCCc3c[nH]c4ccccc34)c2CSc2ncccn2)cc1. The maximum absolute atomic E-state index is 13.1. The number of nitrogens with one attached hydrogen (secondary N) is 2. The Morgan fingerprint density at radius 2 is 1.89 bits per heavy atom. The lowest BCUT2D eigenvalue weighted by Gasteiger charge is -2.09. The number of fused-ring (bicyclic) bond motifs is 1. The topological polar surface area (TPSA) is 111 Å². The molecule has 0 aliphatic carbocycles. The first-order valence-electron chi connectivity index (χ1n) is 11.0. The first-order chi connectivity index (χ1) is 17.2. The van der Waals surface area contributed by atoms with E-state index in [1.165, 1.54) is 11.8 Å². The number of methoxy groups -OCH3 is 1. The highest BCUT2D eigenvalue weighted by Crippen LogP contribution is 2.24. The number of ether oxygens (including phenoxy) is 1. The molecule has 0 aliphatic rings. The Kier molecular flexibility index (Phi) is 6.71. The predicted molar refractivity (Wildman–Crippen MR) is 134 cm³/mol. The Bertz CT molecular complexity index is 1430. The number of thioether (sulfide) groups is 1. The van der Waals surface area contributed by atoms with Crippen LogP contribution in [-0.4, -0.2) is 49.5 Å². The van der Waals surface area contributed by atoms with Gasteiger partial charge in [-0.1, -0.05) is 35.2 Å². The number of nitrogens with zero attached hydrogens (tertiary/aromatic N) is 5. The first-order valence-corrected chi connectivity index (χ1v) is 12.0. The van der Waals surface area contributed by atoms with Gasteiger partial charge in [0.2, 0.25) is 0 Å². The van der Waals surface area contributed by atoms with Crippen molar-refractivity contribution in [1.29, 1.82) is 0 Å². The summed E-state index contributed by atoms with van der Waals surface area (Å²) in [6.45, 7) is 0.477. The largest absolute Gasteiger partial charge is 0.497 e. The Morgan fingerprint density at radius 3 is 2.69 bits per heavy atom. The number of hydrogen-bond acceptors (Lipinski definition) is 7. The van der Waals surface area contributed by atoms with E-state index in [0.29, 0.717) is 29.6 Å². The van der Waals surface area contributed by atoms with Crippen molar-refractivity contribution in [2.75, 3.05) is 13.7 Å². The van der Waals surface area contributed by atoms with Gasteiger partial charge < -0.3 is 15.0 Å². The van der Waals surface area contributed by atoms with Gasteiger partial charge in [-0.25, -0.2) is 14.6 Å². The number of aromatic nitrogens is 6. The highest BCUT2D eigenvalue weighted by molar-refractivity contribution is 7.98. The number of H-pyrrole nitrogens is 1. The molecule has 176 valence electrons. The molecular formula is C25H23N7O2S. The molecule has 0 saturated heterocycles. The monoisotopic (exact) mass is 485 g/mol. The molecule has 10 heteroatoms. The second-order valence-electron chi connectivity index (χ2n) is 7.68. The molecule has 3 heterocycles. The van der Waals surface area contributed by atoms with E-state index in [-0.39, 0.29) is 11.6 Å². The molecule has 9 nitrogen and oxygen atoms in total. The smallest absolute Gasteiger partial charge is 0.273 e. The Morgan fingerprint density at radius 1 is 1.09 bits per heavy atom. The van der Waals surface area contributed by atoms with Crippen LogP contribution in [0.25, 0.3) is 16.6 Å². The zero-order valence-corrected chi connectivity index (χ0v) is 19.8. The fourth-order valence-electron chi connectivity index (χ4n) is 3.76. The van der Waals surface area contributed by atoms with Crippen LogP contribution in [0.5, 0.6) is 5.75 Å². The molecule has 1 amide bonds. The third-order valence-corrected chi connectivity index (χ3v) is 6.42. The molecule has 0 atom stereocenters. The quantitative estimate of drug-likeness (QED) is 0.241. The normalized spacial score (nSPS) is 11.0. The van der Waals surface area contributed by atoms with Crippen molar-refractivity contribution >= 4 is 28.6 Å². The summed E-state index contributed by atoms with van der Waals surface area (Å²) in [6.07, 6.45) is 6.06. The average molecular weight is 486 g/mol. The van der Waals surface area contributed by atoms with Crippen LogP contribution in [0.3, 0.4) is 0 Å². The van der Waals surface area contributed by atoms with Gasteiger partial charge in [-0.15, -0.1) is 5.10 Å². The number of carbonyl (C=O) groups is 1. The summed E-state index contributed by atoms with van der Waals surface area (Å²) in [7, 11) is 1.62. The zero-order chi connectivity index (χ0) is 24.0. The number of rotatable bonds is 9. The zero-order valence-electron chi connectivity index (χ0n) is 19.0. The second kappa shape index (κ2) is 10.4. The van der Waals surface area contributed by atoms with Gasteiger partial charge in [0, 0.05) is 41.8 Å². The average Bonchev–Trinajstić information content (AvgIpc) is 3.52. The fraction of sp³-hybridized carbons (Fsp3) is 0.160. The van der Waals surface area contributed by atoms with Crippen molar-refractivity contribution in [3.8, 4) is 11.4 Å². The van der Waals surface area contributed by atoms with E-state index in [2.05, 4.69) is 36.6 Å². The molecule has 0 fully saturated rings. The van der Waals surface area contributed by atoms with Crippen molar-refractivity contribution in [3.63, 3.8) is 0 Å². The molecule has 35 heavy (non-hydrogen) atoms. The summed E-state index contributed by atoms with van der Waals surface area (Å²) >= 11 is 1.42. The predicted octanol–water partition coefficient (Wildman–Crippen LogP) is 3.81. The first kappa shape index (κ1) is 22.6. The molecule has 3 aromatic heterocycles. The Balaban J connectivity index is 1.35. The van der Waals surface area contributed by atoms with E-state index in [4.69, 9.17) is 4.74 Å². The number of benzene rings is 2. The van der Waals surface area contributed by atoms with Crippen LogP contribution in [-0.2, 0) is 12.2 Å². The molecule has 0 unspecified atom stereocenters. The number of aromatic amines is 1. The summed E-state index contributed by atoms with van der Waals surface area (Å²) in [5, 5.41) is 13.3. The van der Waals surface area contributed by atoms with Crippen LogP contribution >= 0.6 is 11.8 Å². The number of hydrogen-bond donors (Lipinski definition) is 2. The molecule has 2 N–H and O–H groups in total. The van der Waals surface area contributed by atoms with Crippen LogP contribution in [0.2, 0.25) is 0 Å². The fourth-order valence-corrected chi connectivity index (χ4v) is 4.56. The van der Waals surface area contributed by atoms with Crippen LogP contribution < -0.4 is 10.1 Å². The van der Waals surface area contributed by atoms with Gasteiger partial charge in [-0.05, 0) is 48.4 Å². The van der Waals surface area contributed by atoms with Gasteiger partial charge >= 0.3 is 0 Å². The molecule has 0 spiro atoms. The minimum atomic E-state index is -0.269. The van der Waals surface area contributed by atoms with Crippen LogP contribution in [0, 0.1) is 0 Å². The summed E-state index contributed by atoms with van der Waals surface area (Å²) < 4.78 is 6.92. The number of amides is 1. The van der Waals surface area contributed by atoms with Crippen molar-refractivity contribution in [1.82, 2.24) is 35.3 Å². The van der Waals surface area contributed by atoms with Gasteiger partial charge in [-0.3, -0.25) is 4.79 Å².